The number of aldehydes is 1. The third-order valence-corrected chi connectivity index (χ3v) is 1.80. The molecular formula is C8H8N4O2. The highest BCUT2D eigenvalue weighted by Crippen LogP contribution is 2.16. The molecule has 2 N–H and O–H groups in total. The number of carbonyl (C=O) groups is 1. The van der Waals surface area contributed by atoms with Crippen molar-refractivity contribution in [3.8, 4) is 5.88 Å². The molecule has 6 heteroatoms. The van der Waals surface area contributed by atoms with E-state index in [1.54, 1.807) is 7.05 Å². The smallest absolute Gasteiger partial charge is 0.230 e. The molecule has 0 saturated heterocycles. The van der Waals surface area contributed by atoms with Gasteiger partial charge in [-0.25, -0.2) is 4.98 Å². The number of carbonyl (C=O) groups excluding carboxylic acids is 1. The molecule has 0 aliphatic carbocycles. The summed E-state index contributed by atoms with van der Waals surface area (Å²) in [6.45, 7) is 0. The zero-order chi connectivity index (χ0) is 10.1. The van der Waals surface area contributed by atoms with Gasteiger partial charge in [0.05, 0.1) is 6.20 Å². The fraction of sp³-hybridized carbons (Fsp3) is 0.125. The van der Waals surface area contributed by atoms with Crippen molar-refractivity contribution in [3.05, 3.63) is 18.1 Å². The fourth-order valence-corrected chi connectivity index (χ4v) is 1.23. The molecule has 0 fully saturated rings. The van der Waals surface area contributed by atoms with Crippen LogP contribution in [0.15, 0.2) is 12.4 Å². The van der Waals surface area contributed by atoms with Gasteiger partial charge in [-0.15, -0.1) is 0 Å². The van der Waals surface area contributed by atoms with Gasteiger partial charge in [-0.3, -0.25) is 9.20 Å². The molecule has 2 rings (SSSR count). The second kappa shape index (κ2) is 2.99. The third kappa shape index (κ3) is 1.17. The largest absolute Gasteiger partial charge is 0.492 e. The number of nitrogens with zero attached hydrogens (tertiary/aromatic N) is 3. The van der Waals surface area contributed by atoms with Gasteiger partial charge in [0.15, 0.2) is 17.8 Å². The Morgan fingerprint density at radius 1 is 1.50 bits per heavy atom. The lowest BCUT2D eigenvalue weighted by Crippen LogP contribution is -1.96. The Bertz CT molecular complexity index is 491. The van der Waals surface area contributed by atoms with Crippen LogP contribution in [0.2, 0.25) is 0 Å². The minimum absolute atomic E-state index is 0.128. The summed E-state index contributed by atoms with van der Waals surface area (Å²) in [6.07, 6.45) is 3.55. The van der Waals surface area contributed by atoms with Gasteiger partial charge in [-0.1, -0.05) is 0 Å². The highest BCUT2D eigenvalue weighted by Gasteiger charge is 2.07. The van der Waals surface area contributed by atoms with Crippen molar-refractivity contribution in [2.24, 2.45) is 0 Å². The molecule has 0 spiro atoms. The number of fused-ring (bicyclic) bond motifs is 1. The summed E-state index contributed by atoms with van der Waals surface area (Å²) in [5.41, 5.74) is 0.807. The molecule has 0 bridgehead atoms. The van der Waals surface area contributed by atoms with Crippen molar-refractivity contribution in [2.45, 2.75) is 0 Å². The Morgan fingerprint density at radius 3 is 2.93 bits per heavy atom. The van der Waals surface area contributed by atoms with Gasteiger partial charge in [0.2, 0.25) is 5.88 Å². The predicted octanol–water partition coefficient (Wildman–Crippen LogP) is 0.289. The Labute approximate surface area is 79.2 Å². The summed E-state index contributed by atoms with van der Waals surface area (Å²) < 4.78 is 1.54. The van der Waals surface area contributed by atoms with E-state index >= 15 is 0 Å². The first-order valence-electron chi connectivity index (χ1n) is 3.96. The predicted molar refractivity (Wildman–Crippen MR) is 49.6 cm³/mol. The van der Waals surface area contributed by atoms with E-state index in [0.717, 1.165) is 0 Å². The Morgan fingerprint density at radius 2 is 2.29 bits per heavy atom. The van der Waals surface area contributed by atoms with Gasteiger partial charge in [-0.2, -0.15) is 4.98 Å². The average Bonchev–Trinajstić information content (AvgIpc) is 2.59. The quantitative estimate of drug-likeness (QED) is 0.668. The number of imidazole rings is 1. The molecule has 0 aliphatic rings. The molecule has 0 unspecified atom stereocenters. The zero-order valence-corrected chi connectivity index (χ0v) is 7.43. The first-order valence-corrected chi connectivity index (χ1v) is 3.96. The summed E-state index contributed by atoms with van der Waals surface area (Å²) in [5, 5.41) is 12.0. The summed E-state index contributed by atoms with van der Waals surface area (Å²) in [6, 6.07) is 0. The molecule has 6 nitrogen and oxygen atoms in total. The molecule has 0 atom stereocenters. The first-order chi connectivity index (χ1) is 6.74. The van der Waals surface area contributed by atoms with E-state index in [0.29, 0.717) is 23.4 Å². The van der Waals surface area contributed by atoms with Crippen LogP contribution in [-0.4, -0.2) is 32.8 Å². The maximum Gasteiger partial charge on any atom is 0.230 e. The first kappa shape index (κ1) is 8.49. The van der Waals surface area contributed by atoms with Gasteiger partial charge in [0, 0.05) is 13.2 Å². The number of nitrogens with one attached hydrogen (secondary N) is 1. The molecule has 0 radical (unpaired) electrons. The van der Waals surface area contributed by atoms with Crippen LogP contribution in [0, 0.1) is 0 Å². The van der Waals surface area contributed by atoms with Crippen LogP contribution in [0.25, 0.3) is 5.65 Å². The summed E-state index contributed by atoms with van der Waals surface area (Å²) in [5.74, 6) is 0.301. The molecular weight excluding hydrogens is 184 g/mol. The van der Waals surface area contributed by atoms with Crippen LogP contribution in [0.4, 0.5) is 5.82 Å². The maximum absolute atomic E-state index is 10.5. The third-order valence-electron chi connectivity index (χ3n) is 1.80. The van der Waals surface area contributed by atoms with Crippen LogP contribution in [0.3, 0.4) is 0 Å². The van der Waals surface area contributed by atoms with Gasteiger partial charge in [0.1, 0.15) is 5.69 Å². The molecule has 0 saturated carbocycles. The number of aromatic nitrogens is 3. The van der Waals surface area contributed by atoms with Crippen molar-refractivity contribution in [1.82, 2.24) is 14.4 Å². The zero-order valence-electron chi connectivity index (χ0n) is 7.43. The molecule has 72 valence electrons. The molecule has 0 amide bonds. The standard InChI is InChI=1S/C8H8N4O2/c1-9-7-8-10-5(4-13)2-12(8)3-6(14)11-7/h2-4,14H,1H3,(H,9,11). The van der Waals surface area contributed by atoms with E-state index < -0.39 is 0 Å². The Hall–Kier alpha value is -2.11. The van der Waals surface area contributed by atoms with Crippen LogP contribution in [0.1, 0.15) is 10.5 Å². The second-order valence-electron chi connectivity index (χ2n) is 2.71. The molecule has 0 aliphatic heterocycles. The SMILES string of the molecule is CNc1nc(O)cn2cc(C=O)nc12. The fourth-order valence-electron chi connectivity index (χ4n) is 1.23. The van der Waals surface area contributed by atoms with E-state index in [9.17, 15) is 9.90 Å². The summed E-state index contributed by atoms with van der Waals surface area (Å²) in [4.78, 5) is 18.3. The number of aromatic hydroxyl groups is 1. The average molecular weight is 192 g/mol. The minimum atomic E-state index is -0.128. The normalized spacial score (nSPS) is 10.4. The van der Waals surface area contributed by atoms with Crippen LogP contribution in [0.5, 0.6) is 5.88 Å². The highest BCUT2D eigenvalue weighted by molar-refractivity contribution is 5.75. The number of anilines is 1. The van der Waals surface area contributed by atoms with E-state index in [1.807, 2.05) is 0 Å². The van der Waals surface area contributed by atoms with Crippen molar-refractivity contribution in [3.63, 3.8) is 0 Å². The van der Waals surface area contributed by atoms with Gasteiger partial charge >= 0.3 is 0 Å². The van der Waals surface area contributed by atoms with Crippen molar-refractivity contribution in [2.75, 3.05) is 12.4 Å². The monoisotopic (exact) mass is 192 g/mol. The second-order valence-corrected chi connectivity index (χ2v) is 2.71. The van der Waals surface area contributed by atoms with Gasteiger partial charge in [0.25, 0.3) is 0 Å². The van der Waals surface area contributed by atoms with Gasteiger partial charge in [-0.05, 0) is 0 Å². The number of hydrogen-bond acceptors (Lipinski definition) is 5. The topological polar surface area (TPSA) is 79.5 Å². The van der Waals surface area contributed by atoms with Crippen LogP contribution >= 0.6 is 0 Å². The molecule has 2 aromatic heterocycles. The summed E-state index contributed by atoms with van der Waals surface area (Å²) in [7, 11) is 1.66. The van der Waals surface area contributed by atoms with E-state index in [2.05, 4.69) is 15.3 Å². The van der Waals surface area contributed by atoms with E-state index in [-0.39, 0.29) is 5.88 Å². The molecule has 14 heavy (non-hydrogen) atoms. The number of hydrogen-bond donors (Lipinski definition) is 2. The van der Waals surface area contributed by atoms with Crippen molar-refractivity contribution in [1.29, 1.82) is 0 Å². The highest BCUT2D eigenvalue weighted by atomic mass is 16.3. The van der Waals surface area contributed by atoms with Gasteiger partial charge < -0.3 is 10.4 Å². The molecule has 2 aromatic rings. The number of rotatable bonds is 2. The Kier molecular flexibility index (Phi) is 1.81. The van der Waals surface area contributed by atoms with Crippen LogP contribution < -0.4 is 5.32 Å². The lowest BCUT2D eigenvalue weighted by molar-refractivity contribution is 0.111. The summed E-state index contributed by atoms with van der Waals surface area (Å²) >= 11 is 0. The van der Waals surface area contributed by atoms with Crippen LogP contribution in [-0.2, 0) is 0 Å². The minimum Gasteiger partial charge on any atom is -0.492 e. The molecule has 2 heterocycles. The van der Waals surface area contributed by atoms with Crippen molar-refractivity contribution < 1.29 is 9.90 Å². The lowest BCUT2D eigenvalue weighted by atomic mass is 10.5. The van der Waals surface area contributed by atoms with Crippen molar-refractivity contribution >= 4 is 17.8 Å². The van der Waals surface area contributed by atoms with E-state index in [1.165, 1.54) is 16.8 Å². The maximum atomic E-state index is 10.5. The lowest BCUT2D eigenvalue weighted by Gasteiger charge is -2.01. The van der Waals surface area contributed by atoms with E-state index in [4.69, 9.17) is 0 Å². The molecule has 0 aromatic carbocycles. The Balaban J connectivity index is 2.77.